The molecule has 1 amide bonds. The van der Waals surface area contributed by atoms with Crippen molar-refractivity contribution in [1.82, 2.24) is 9.72 Å². The number of benzene rings is 1. The van der Waals surface area contributed by atoms with Crippen molar-refractivity contribution >= 4 is 28.8 Å². The van der Waals surface area contributed by atoms with Crippen LogP contribution in [0.1, 0.15) is 49.0 Å². The molecule has 3 aromatic rings. The lowest BCUT2D eigenvalue weighted by Gasteiger charge is -2.16. The highest BCUT2D eigenvalue weighted by Crippen LogP contribution is 2.29. The van der Waals surface area contributed by atoms with Gasteiger partial charge in [0.25, 0.3) is 11.7 Å². The van der Waals surface area contributed by atoms with Crippen LogP contribution in [0.2, 0.25) is 5.02 Å². The minimum atomic E-state index is -0.522. The molecule has 4 nitrogen and oxygen atoms in total. The molecule has 1 saturated carbocycles. The molecule has 0 radical (unpaired) electrons. The van der Waals surface area contributed by atoms with Gasteiger partial charge in [-0.05, 0) is 48.7 Å². The van der Waals surface area contributed by atoms with Gasteiger partial charge < -0.3 is 9.72 Å². The van der Waals surface area contributed by atoms with Gasteiger partial charge in [-0.2, -0.15) is 0 Å². The quantitative estimate of drug-likeness (QED) is 0.371. The molecule has 0 saturated heterocycles. The zero-order valence-electron chi connectivity index (χ0n) is 15.7. The number of ketones is 1. The topological polar surface area (TPSA) is 50.6 Å². The largest absolute Gasteiger partial charge is 0.346 e. The molecule has 0 aliphatic heterocycles. The average molecular weight is 395 g/mol. The van der Waals surface area contributed by atoms with Gasteiger partial charge in [0.2, 0.25) is 0 Å². The normalized spacial score (nSPS) is 15.3. The minimum Gasteiger partial charge on any atom is -0.346 e. The maximum absolute atomic E-state index is 13.2. The number of hydrogen-bond acceptors (Lipinski definition) is 2. The Morgan fingerprint density at radius 3 is 2.39 bits per heavy atom. The first-order chi connectivity index (χ1) is 13.6. The highest BCUT2D eigenvalue weighted by molar-refractivity contribution is 6.43. The third-order valence-electron chi connectivity index (χ3n) is 5.45. The summed E-state index contributed by atoms with van der Waals surface area (Å²) in [6.07, 6.45) is 8.30. The second kappa shape index (κ2) is 8.19. The number of carbonyl (C=O) groups excluding carboxylic acids is 2. The van der Waals surface area contributed by atoms with E-state index in [9.17, 15) is 9.59 Å². The number of rotatable bonds is 4. The molecule has 144 valence electrons. The summed E-state index contributed by atoms with van der Waals surface area (Å²) < 4.78 is 1.79. The first-order valence-corrected chi connectivity index (χ1v) is 10.2. The Labute approximate surface area is 169 Å². The van der Waals surface area contributed by atoms with Crippen molar-refractivity contribution < 1.29 is 9.59 Å². The smallest absolute Gasteiger partial charge is 0.294 e. The molecular formula is C23H23ClN2O2. The van der Waals surface area contributed by atoms with E-state index in [1.807, 2.05) is 42.6 Å². The van der Waals surface area contributed by atoms with E-state index >= 15 is 0 Å². The van der Waals surface area contributed by atoms with Crippen molar-refractivity contribution in [2.45, 2.75) is 44.6 Å². The zero-order valence-corrected chi connectivity index (χ0v) is 16.4. The van der Waals surface area contributed by atoms with Crippen LogP contribution in [0, 0.1) is 0 Å². The van der Waals surface area contributed by atoms with E-state index in [4.69, 9.17) is 11.6 Å². The molecule has 1 aliphatic rings. The Morgan fingerprint density at radius 1 is 0.964 bits per heavy atom. The first-order valence-electron chi connectivity index (χ1n) is 9.85. The molecule has 0 atom stereocenters. The lowest BCUT2D eigenvalue weighted by Crippen LogP contribution is -2.39. The molecular weight excluding hydrogens is 372 g/mol. The Hall–Kier alpha value is -2.59. The van der Waals surface area contributed by atoms with Crippen LogP contribution >= 0.6 is 11.6 Å². The maximum Gasteiger partial charge on any atom is 0.294 e. The van der Waals surface area contributed by atoms with E-state index < -0.39 is 11.7 Å². The third-order valence-corrected chi connectivity index (χ3v) is 5.70. The van der Waals surface area contributed by atoms with E-state index in [0.29, 0.717) is 10.7 Å². The van der Waals surface area contributed by atoms with E-state index in [1.165, 1.54) is 12.8 Å². The molecule has 2 heterocycles. The number of aromatic nitrogens is 1. The van der Waals surface area contributed by atoms with Crippen molar-refractivity contribution in [3.63, 3.8) is 0 Å². The van der Waals surface area contributed by atoms with Crippen molar-refractivity contribution in [3.05, 3.63) is 65.4 Å². The predicted molar refractivity (Wildman–Crippen MR) is 112 cm³/mol. The van der Waals surface area contributed by atoms with Gasteiger partial charge in [-0.1, -0.05) is 55.5 Å². The lowest BCUT2D eigenvalue weighted by molar-refractivity contribution is -0.117. The molecule has 0 spiro atoms. The van der Waals surface area contributed by atoms with Gasteiger partial charge in [0, 0.05) is 28.3 Å². The zero-order chi connectivity index (χ0) is 19.5. The number of hydrogen-bond donors (Lipinski definition) is 1. The van der Waals surface area contributed by atoms with Gasteiger partial charge in [0.15, 0.2) is 0 Å². The van der Waals surface area contributed by atoms with Gasteiger partial charge in [-0.3, -0.25) is 9.59 Å². The highest BCUT2D eigenvalue weighted by Gasteiger charge is 2.26. The van der Waals surface area contributed by atoms with Gasteiger partial charge >= 0.3 is 0 Å². The summed E-state index contributed by atoms with van der Waals surface area (Å²) in [6, 6.07) is 15.1. The van der Waals surface area contributed by atoms with E-state index in [1.54, 1.807) is 16.5 Å². The third kappa shape index (κ3) is 3.83. The number of nitrogens with zero attached hydrogens (tertiary/aromatic N) is 1. The number of nitrogens with one attached hydrogen (secondary N) is 1. The molecule has 1 aliphatic carbocycles. The molecule has 1 aromatic carbocycles. The number of pyridine rings is 1. The average Bonchev–Trinajstić information content (AvgIpc) is 2.90. The van der Waals surface area contributed by atoms with Crippen LogP contribution in [0.4, 0.5) is 0 Å². The van der Waals surface area contributed by atoms with Crippen molar-refractivity contribution in [3.8, 4) is 11.1 Å². The van der Waals surface area contributed by atoms with Crippen molar-refractivity contribution in [2.24, 2.45) is 0 Å². The number of Topliss-reactive ketones (excluding diaryl/α,β-unsaturated/α-hetero) is 1. The Morgan fingerprint density at radius 2 is 1.68 bits per heavy atom. The van der Waals surface area contributed by atoms with Crippen molar-refractivity contribution in [1.29, 1.82) is 0 Å². The fourth-order valence-corrected chi connectivity index (χ4v) is 4.11. The van der Waals surface area contributed by atoms with E-state index in [0.717, 1.165) is 42.3 Å². The molecule has 0 unspecified atom stereocenters. The van der Waals surface area contributed by atoms with Crippen LogP contribution in [-0.2, 0) is 4.79 Å². The molecule has 2 aromatic heterocycles. The molecule has 1 fully saturated rings. The summed E-state index contributed by atoms with van der Waals surface area (Å²) in [5, 5.41) is 3.61. The van der Waals surface area contributed by atoms with Gasteiger partial charge in [-0.15, -0.1) is 0 Å². The fourth-order valence-electron chi connectivity index (χ4n) is 3.99. The van der Waals surface area contributed by atoms with E-state index in [-0.39, 0.29) is 6.04 Å². The Kier molecular flexibility index (Phi) is 5.49. The fraction of sp³-hybridized carbons (Fsp3) is 0.304. The molecule has 28 heavy (non-hydrogen) atoms. The lowest BCUT2D eigenvalue weighted by atomic mass is 10.0. The summed E-state index contributed by atoms with van der Waals surface area (Å²) in [5.41, 5.74) is 2.87. The number of fused-ring (bicyclic) bond motifs is 1. The van der Waals surface area contributed by atoms with Gasteiger partial charge in [-0.25, -0.2) is 0 Å². The summed E-state index contributed by atoms with van der Waals surface area (Å²) in [7, 11) is 0. The van der Waals surface area contributed by atoms with Crippen LogP contribution in [0.25, 0.3) is 16.6 Å². The summed E-state index contributed by atoms with van der Waals surface area (Å²) in [4.78, 5) is 26.0. The Bertz CT molecular complexity index is 999. The monoisotopic (exact) mass is 394 g/mol. The van der Waals surface area contributed by atoms with Crippen molar-refractivity contribution in [2.75, 3.05) is 0 Å². The second-order valence-corrected chi connectivity index (χ2v) is 7.84. The SMILES string of the molecule is O=C(NC1CCCCCC1)C(=O)c1c(-c2ccc(Cl)cc2)cc2ccccn12. The molecule has 0 bridgehead atoms. The summed E-state index contributed by atoms with van der Waals surface area (Å²) in [5.74, 6) is -1.02. The first kappa shape index (κ1) is 18.8. The number of amides is 1. The summed E-state index contributed by atoms with van der Waals surface area (Å²) in [6.45, 7) is 0. The highest BCUT2D eigenvalue weighted by atomic mass is 35.5. The predicted octanol–water partition coefficient (Wildman–Crippen LogP) is 5.28. The maximum atomic E-state index is 13.2. The summed E-state index contributed by atoms with van der Waals surface area (Å²) >= 11 is 6.02. The molecule has 5 heteroatoms. The van der Waals surface area contributed by atoms with Crippen LogP contribution in [-0.4, -0.2) is 22.1 Å². The number of carbonyl (C=O) groups is 2. The standard InChI is InChI=1S/C23H23ClN2O2/c24-17-12-10-16(11-13-17)20-15-19-9-5-6-14-26(19)21(20)22(27)23(28)25-18-7-3-1-2-4-8-18/h5-6,9-15,18H,1-4,7-8H2,(H,25,28). The second-order valence-electron chi connectivity index (χ2n) is 7.40. The Balaban J connectivity index is 1.69. The van der Waals surface area contributed by atoms with Crippen LogP contribution in [0.3, 0.4) is 0 Å². The van der Waals surface area contributed by atoms with E-state index in [2.05, 4.69) is 5.32 Å². The molecule has 4 rings (SSSR count). The molecule has 1 N–H and O–H groups in total. The van der Waals surface area contributed by atoms with Crippen LogP contribution in [0.15, 0.2) is 54.7 Å². The van der Waals surface area contributed by atoms with Crippen LogP contribution in [0.5, 0.6) is 0 Å². The minimum absolute atomic E-state index is 0.0872. The van der Waals surface area contributed by atoms with Gasteiger partial charge in [0.05, 0.1) is 0 Å². The van der Waals surface area contributed by atoms with Gasteiger partial charge in [0.1, 0.15) is 5.69 Å². The number of halogens is 1. The van der Waals surface area contributed by atoms with Crippen LogP contribution < -0.4 is 5.32 Å².